The molecule has 78 heavy (non-hydrogen) atoms. The molecule has 2 saturated heterocycles. The van der Waals surface area contributed by atoms with E-state index in [-0.39, 0.29) is 16.7 Å². The summed E-state index contributed by atoms with van der Waals surface area (Å²) in [7, 11) is 0. The predicted molar refractivity (Wildman–Crippen MR) is 276 cm³/mol. The summed E-state index contributed by atoms with van der Waals surface area (Å²) in [6, 6.07) is 11.5. The molecule has 2 aromatic carbocycles. The highest BCUT2D eigenvalue weighted by Gasteiger charge is 2.79. The number of carbonyl (C=O) groups is 7. The normalized spacial score (nSPS) is 31.2. The van der Waals surface area contributed by atoms with Gasteiger partial charge in [-0.25, -0.2) is 28.4 Å². The van der Waals surface area contributed by atoms with Crippen molar-refractivity contribution in [2.24, 2.45) is 16.7 Å². The fourth-order valence-electron chi connectivity index (χ4n) is 11.5. The van der Waals surface area contributed by atoms with Gasteiger partial charge >= 0.3 is 36.3 Å². The lowest BCUT2D eigenvalue weighted by molar-refractivity contribution is -0.346. The van der Waals surface area contributed by atoms with Gasteiger partial charge in [-0.15, -0.1) is 0 Å². The number of carbonyl (C=O) groups excluding carboxylic acids is 7. The number of alkyl halides is 6. The Morgan fingerprint density at radius 2 is 1.44 bits per heavy atom. The van der Waals surface area contributed by atoms with Crippen molar-refractivity contribution in [3.63, 3.8) is 0 Å². The average Bonchev–Trinajstić information content (AvgIpc) is 3.72. The van der Waals surface area contributed by atoms with Gasteiger partial charge in [-0.3, -0.25) is 14.5 Å². The summed E-state index contributed by atoms with van der Waals surface area (Å²) in [6.07, 6.45) is -16.1. The summed E-state index contributed by atoms with van der Waals surface area (Å²) in [5.74, 6) is -7.31. The first-order valence-corrected chi connectivity index (χ1v) is 26.6. The molecule has 1 N–H and O–H groups in total. The Hall–Kier alpha value is -4.38. The summed E-state index contributed by atoms with van der Waals surface area (Å²) >= 11 is 35.5. The van der Waals surface area contributed by atoms with Gasteiger partial charge in [-0.05, 0) is 83.4 Å². The number of Topliss-reactive ketones (excluding diaryl/α,β-unsaturated/α-hetero) is 1. The van der Waals surface area contributed by atoms with Crippen LogP contribution >= 0.6 is 69.6 Å². The maximum Gasteiger partial charge on any atom is 0.509 e. The second-order valence-corrected chi connectivity index (χ2v) is 27.0. The van der Waals surface area contributed by atoms with E-state index in [1.165, 1.54) is 44.7 Å². The highest BCUT2D eigenvalue weighted by molar-refractivity contribution is 6.68. The second-order valence-electron chi connectivity index (χ2n) is 21.9. The van der Waals surface area contributed by atoms with Crippen molar-refractivity contribution in [3.8, 4) is 0 Å². The van der Waals surface area contributed by atoms with E-state index in [0.717, 1.165) is 19.1 Å². The highest BCUT2D eigenvalue weighted by atomic mass is 35.6. The number of nitrogens with zero attached hydrogens (tertiary/aromatic N) is 1. The van der Waals surface area contributed by atoms with Crippen LogP contribution in [0.25, 0.3) is 0 Å². The van der Waals surface area contributed by atoms with E-state index in [1.807, 2.05) is 0 Å². The quantitative estimate of drug-likeness (QED) is 0.101. The lowest BCUT2D eigenvalue weighted by atomic mass is 9.44. The molecule has 4 fully saturated rings. The summed E-state index contributed by atoms with van der Waals surface area (Å²) in [5.41, 5.74) is -12.1. The van der Waals surface area contributed by atoms with Crippen molar-refractivity contribution in [2.45, 2.75) is 155 Å². The molecular formula is C52H58Cl6FNO18. The van der Waals surface area contributed by atoms with E-state index in [1.54, 1.807) is 65.0 Å². The molecule has 19 nitrogen and oxygen atoms in total. The Balaban J connectivity index is 1.48. The Kier molecular flexibility index (Phi) is 17.1. The van der Waals surface area contributed by atoms with Gasteiger partial charge in [0.05, 0.1) is 23.5 Å². The molecule has 7 rings (SSSR count). The van der Waals surface area contributed by atoms with Crippen LogP contribution in [0.1, 0.15) is 104 Å². The van der Waals surface area contributed by atoms with Crippen molar-refractivity contribution in [1.29, 1.82) is 0 Å². The Labute approximate surface area is 478 Å². The summed E-state index contributed by atoms with van der Waals surface area (Å²) < 4.78 is 70.0. The number of hydrogen-bond donors (Lipinski definition) is 1. The number of halogens is 7. The van der Waals surface area contributed by atoms with Gasteiger partial charge in [-0.1, -0.05) is 120 Å². The number of benzene rings is 2. The van der Waals surface area contributed by atoms with E-state index in [9.17, 15) is 33.5 Å². The van der Waals surface area contributed by atoms with Gasteiger partial charge in [0.1, 0.15) is 66.4 Å². The predicted octanol–water partition coefficient (Wildman–Crippen LogP) is 9.95. The van der Waals surface area contributed by atoms with Crippen LogP contribution in [0.5, 0.6) is 0 Å². The zero-order valence-corrected chi connectivity index (χ0v) is 48.4. The minimum Gasteiger partial charge on any atom is -0.456 e. The largest absolute Gasteiger partial charge is 0.509 e. The van der Waals surface area contributed by atoms with Crippen molar-refractivity contribution >= 4 is 112 Å². The van der Waals surface area contributed by atoms with Crippen LogP contribution < -0.4 is 0 Å². The van der Waals surface area contributed by atoms with Gasteiger partial charge in [0.25, 0.3) is 0 Å². The SMILES string of the molecule is CC(=O)O[C@@]12CO[C@@H]1C[C@H](OC(=O)OCC(Cl)(Cl)Cl)[C@@]1(C)C(=O)[C@H](OC(=O)OCC(Cl)(Cl)Cl)C3=C(C)[C@@H](OC(=O)[C@@H]4OC(C)(C)N(C(=O)OC(C)(C)C)[C@H]4c4ccccc4)C[C@@](O)([C@@H](OC(=O)c4cccc(F)c4)[C@H]21)C3(C)C. The van der Waals surface area contributed by atoms with Gasteiger partial charge in [-0.2, -0.15) is 0 Å². The van der Waals surface area contributed by atoms with Crippen molar-refractivity contribution in [1.82, 2.24) is 4.90 Å². The number of hydrogen-bond acceptors (Lipinski definition) is 18. The van der Waals surface area contributed by atoms with Crippen LogP contribution in [-0.4, -0.2) is 139 Å². The summed E-state index contributed by atoms with van der Waals surface area (Å²) in [6.45, 7) is 12.3. The number of amides is 1. The molecule has 0 radical (unpaired) electrons. The monoisotopic (exact) mass is 1210 g/mol. The van der Waals surface area contributed by atoms with Gasteiger partial charge in [0.15, 0.2) is 23.6 Å². The molecule has 428 valence electrons. The lowest BCUT2D eigenvalue weighted by Gasteiger charge is -2.67. The summed E-state index contributed by atoms with van der Waals surface area (Å²) in [5, 5.41) is 14.2. The van der Waals surface area contributed by atoms with E-state index in [2.05, 4.69) is 0 Å². The smallest absolute Gasteiger partial charge is 0.456 e. The van der Waals surface area contributed by atoms with Gasteiger partial charge in [0, 0.05) is 25.2 Å². The maximum atomic E-state index is 16.4. The number of ketones is 1. The van der Waals surface area contributed by atoms with Gasteiger partial charge in [0.2, 0.25) is 7.59 Å². The molecule has 2 saturated carbocycles. The molecule has 0 spiro atoms. The minimum absolute atomic E-state index is 0.0183. The molecule has 11 atom stereocenters. The zero-order chi connectivity index (χ0) is 58.1. The van der Waals surface area contributed by atoms with Gasteiger partial charge < -0.3 is 52.5 Å². The van der Waals surface area contributed by atoms with E-state index < -0.39 is 170 Å². The van der Waals surface area contributed by atoms with Crippen molar-refractivity contribution < 1.29 is 90.4 Å². The molecular weight excluding hydrogens is 1160 g/mol. The average molecular weight is 1220 g/mol. The van der Waals surface area contributed by atoms with E-state index in [0.29, 0.717) is 5.56 Å². The number of esters is 3. The Bertz CT molecular complexity index is 2750. The molecule has 26 heteroatoms. The molecule has 0 unspecified atom stereocenters. The topological polar surface area (TPSA) is 235 Å². The number of rotatable bonds is 10. The van der Waals surface area contributed by atoms with Crippen LogP contribution in [0.15, 0.2) is 65.7 Å². The molecule has 5 aliphatic rings. The third-order valence-corrected chi connectivity index (χ3v) is 15.5. The second kappa shape index (κ2) is 21.8. The fraction of sp³-hybridized carbons (Fsp3) is 0.596. The summed E-state index contributed by atoms with van der Waals surface area (Å²) in [4.78, 5) is 103. The van der Waals surface area contributed by atoms with E-state index in [4.69, 9.17) is 117 Å². The third-order valence-electron chi connectivity index (χ3n) is 14.9. The molecule has 2 aromatic rings. The van der Waals surface area contributed by atoms with Crippen LogP contribution in [0.4, 0.5) is 18.8 Å². The number of aliphatic hydroxyl groups is 1. The maximum absolute atomic E-state index is 16.4. The van der Waals surface area contributed by atoms with Crippen LogP contribution in [0, 0.1) is 22.6 Å². The minimum atomic E-state index is -2.71. The first-order valence-electron chi connectivity index (χ1n) is 24.4. The van der Waals surface area contributed by atoms with Crippen molar-refractivity contribution in [2.75, 3.05) is 19.8 Å². The zero-order valence-electron chi connectivity index (χ0n) is 43.8. The van der Waals surface area contributed by atoms with Crippen LogP contribution in [-0.2, 0) is 61.8 Å². The lowest BCUT2D eigenvalue weighted by Crippen LogP contribution is -2.82. The van der Waals surface area contributed by atoms with Crippen LogP contribution in [0.3, 0.4) is 0 Å². The Morgan fingerprint density at radius 3 is 1.97 bits per heavy atom. The Morgan fingerprint density at radius 1 is 0.833 bits per heavy atom. The van der Waals surface area contributed by atoms with Crippen LogP contribution in [0.2, 0.25) is 0 Å². The number of fused-ring (bicyclic) bond motifs is 5. The number of ether oxygens (including phenoxy) is 10. The first-order chi connectivity index (χ1) is 35.9. The first kappa shape index (κ1) is 61.2. The molecule has 2 aliphatic heterocycles. The highest BCUT2D eigenvalue weighted by Crippen LogP contribution is 2.65. The molecule has 3 aliphatic carbocycles. The fourth-order valence-corrected chi connectivity index (χ4v) is 11.8. The molecule has 1 amide bonds. The third kappa shape index (κ3) is 12.0. The molecule has 0 aromatic heterocycles. The van der Waals surface area contributed by atoms with Crippen molar-refractivity contribution in [3.05, 3.63) is 82.7 Å². The molecule has 2 bridgehead atoms. The van der Waals surface area contributed by atoms with E-state index >= 15 is 9.59 Å². The standard InChI is InChI=1S/C52H58Cl6FNO18/c1-25-30(72-41(64)36-34(27-15-12-11-13-16-27)60(47(8,9)77-36)42(65)78-45(3,4)5)21-50(68)39(75-40(63)28-17-14-18-29(59)19-28)37-48(10,38(62)35(33(25)46(50,6)7)74-44(67)71-24-52(56,57)58)31(73-43(66)70-23-51(53,54)55)20-32-49(37,22-69-32)76-26(2)61/h11-19,30-32,34-37,39,68H,20-24H2,1-10H3/t30-,31-,32+,34-,35+,36+,37-,39-,48+,49-,50+/m0/s1. The molecule has 2 heterocycles.